The van der Waals surface area contributed by atoms with Gasteiger partial charge in [-0.2, -0.15) is 22.5 Å². The number of ether oxygens (including phenoxy) is 1. The van der Waals surface area contributed by atoms with Crippen LogP contribution < -0.4 is 4.90 Å². The maximum atomic E-state index is 13.6. The quantitative estimate of drug-likeness (QED) is 0.630. The Balaban J connectivity index is 2.11. The number of piperidine rings is 1. The van der Waals surface area contributed by atoms with Crippen molar-refractivity contribution in [2.75, 3.05) is 31.2 Å². The minimum absolute atomic E-state index is 0.300. The summed E-state index contributed by atoms with van der Waals surface area (Å²) in [5.74, 6) is -5.81. The summed E-state index contributed by atoms with van der Waals surface area (Å²) in [6, 6.07) is 0. The van der Waals surface area contributed by atoms with Crippen LogP contribution in [0.4, 0.5) is 23.2 Å². The lowest BCUT2D eigenvalue weighted by Crippen LogP contribution is -2.36. The molecule has 1 fully saturated rings. The van der Waals surface area contributed by atoms with Gasteiger partial charge in [-0.25, -0.2) is 0 Å². The van der Waals surface area contributed by atoms with Crippen LogP contribution in [0.5, 0.6) is 0 Å². The molecule has 0 aromatic carbocycles. The maximum absolute atomic E-state index is 13.6. The van der Waals surface area contributed by atoms with Gasteiger partial charge < -0.3 is 9.64 Å². The summed E-state index contributed by atoms with van der Waals surface area (Å²) < 4.78 is 58.7. The lowest BCUT2D eigenvalue weighted by molar-refractivity contribution is 0.100. The molecule has 0 unspecified atom stereocenters. The molecule has 1 saturated heterocycles. The molecule has 0 spiro atoms. The molecule has 20 heavy (non-hydrogen) atoms. The number of aromatic nitrogens is 1. The van der Waals surface area contributed by atoms with Crippen LogP contribution in [0.2, 0.25) is 0 Å². The Kier molecular flexibility index (Phi) is 4.80. The van der Waals surface area contributed by atoms with Crippen LogP contribution in [-0.2, 0) is 4.74 Å². The molecule has 0 atom stereocenters. The van der Waals surface area contributed by atoms with Crippen molar-refractivity contribution in [2.24, 2.45) is 5.92 Å². The molecule has 3 nitrogen and oxygen atoms in total. The molecule has 112 valence electrons. The summed E-state index contributed by atoms with van der Waals surface area (Å²) in [5, 5.41) is 0. The van der Waals surface area contributed by atoms with E-state index >= 15 is 0 Å². The summed E-state index contributed by atoms with van der Waals surface area (Å²) in [4.78, 5) is 3.87. The molecule has 0 amide bonds. The summed E-state index contributed by atoms with van der Waals surface area (Å²) in [6.07, 6.45) is 1.31. The average molecular weight is 292 g/mol. The van der Waals surface area contributed by atoms with E-state index in [1.54, 1.807) is 0 Å². The van der Waals surface area contributed by atoms with Gasteiger partial charge >= 0.3 is 0 Å². The van der Waals surface area contributed by atoms with E-state index in [2.05, 4.69) is 4.98 Å². The molecule has 0 aliphatic carbocycles. The molecule has 0 N–H and O–H groups in total. The van der Waals surface area contributed by atoms with Crippen LogP contribution in [0.1, 0.15) is 19.8 Å². The van der Waals surface area contributed by atoms with Gasteiger partial charge in [0.15, 0.2) is 0 Å². The van der Waals surface area contributed by atoms with Gasteiger partial charge in [0, 0.05) is 26.3 Å². The Morgan fingerprint density at radius 1 is 1.10 bits per heavy atom. The number of pyridine rings is 1. The van der Waals surface area contributed by atoms with Gasteiger partial charge in [-0.05, 0) is 25.7 Å². The maximum Gasteiger partial charge on any atom is 0.253 e. The number of rotatable bonds is 4. The molecule has 1 aromatic rings. The third-order valence-corrected chi connectivity index (χ3v) is 3.46. The molecule has 7 heteroatoms. The predicted molar refractivity (Wildman–Crippen MR) is 65.5 cm³/mol. The molecule has 1 aliphatic rings. The van der Waals surface area contributed by atoms with Gasteiger partial charge in [-0.15, -0.1) is 0 Å². The van der Waals surface area contributed by atoms with Crippen LogP contribution >= 0.6 is 0 Å². The first-order chi connectivity index (χ1) is 9.54. The largest absolute Gasteiger partial charge is 0.381 e. The van der Waals surface area contributed by atoms with E-state index in [-0.39, 0.29) is 0 Å². The predicted octanol–water partition coefficient (Wildman–Crippen LogP) is 2.89. The van der Waals surface area contributed by atoms with Gasteiger partial charge in [0.05, 0.1) is 0 Å². The van der Waals surface area contributed by atoms with Gasteiger partial charge in [0.2, 0.25) is 11.6 Å². The van der Waals surface area contributed by atoms with E-state index in [1.165, 1.54) is 4.90 Å². The van der Waals surface area contributed by atoms with Crippen molar-refractivity contribution in [1.29, 1.82) is 0 Å². The smallest absolute Gasteiger partial charge is 0.253 e. The fraction of sp³-hybridized carbons (Fsp3) is 0.615. The first-order valence-electron chi connectivity index (χ1n) is 6.57. The molecule has 2 rings (SSSR count). The second-order valence-electron chi connectivity index (χ2n) is 4.76. The second-order valence-corrected chi connectivity index (χ2v) is 4.76. The van der Waals surface area contributed by atoms with E-state index in [9.17, 15) is 17.6 Å². The SMILES string of the molecule is CCOCC1CCN(c2c(F)c(F)nc(F)c2F)CC1. The zero-order valence-corrected chi connectivity index (χ0v) is 11.1. The molecule has 0 saturated carbocycles. The second kappa shape index (κ2) is 6.39. The molecular formula is C13H16F4N2O. The number of hydrogen-bond donors (Lipinski definition) is 0. The fourth-order valence-electron chi connectivity index (χ4n) is 2.36. The molecule has 2 heterocycles. The van der Waals surface area contributed by atoms with Crippen molar-refractivity contribution in [3.05, 3.63) is 23.5 Å². The van der Waals surface area contributed by atoms with E-state index in [0.717, 1.165) is 0 Å². The Hall–Kier alpha value is -1.37. The fourth-order valence-corrected chi connectivity index (χ4v) is 2.36. The van der Waals surface area contributed by atoms with Crippen LogP contribution in [0.25, 0.3) is 0 Å². The first kappa shape index (κ1) is 15.0. The van der Waals surface area contributed by atoms with Crippen molar-refractivity contribution in [3.63, 3.8) is 0 Å². The van der Waals surface area contributed by atoms with Crippen LogP contribution in [-0.4, -0.2) is 31.3 Å². The zero-order chi connectivity index (χ0) is 14.7. The van der Waals surface area contributed by atoms with Crippen LogP contribution in [0.15, 0.2) is 0 Å². The lowest BCUT2D eigenvalue weighted by Gasteiger charge is -2.33. The standard InChI is InChI=1S/C13H16F4N2O/c1-2-20-7-8-3-5-19(6-4-8)11-9(14)12(16)18-13(17)10(11)15/h8H,2-7H2,1H3. The number of hydrogen-bond acceptors (Lipinski definition) is 3. The molecule has 0 radical (unpaired) electrons. The van der Waals surface area contributed by atoms with E-state index in [1.807, 2.05) is 6.92 Å². The highest BCUT2D eigenvalue weighted by atomic mass is 19.2. The normalized spacial score (nSPS) is 16.8. The average Bonchev–Trinajstić information content (AvgIpc) is 2.44. The van der Waals surface area contributed by atoms with E-state index in [0.29, 0.717) is 45.1 Å². The zero-order valence-electron chi connectivity index (χ0n) is 11.1. The summed E-state index contributed by atoms with van der Waals surface area (Å²) in [7, 11) is 0. The summed E-state index contributed by atoms with van der Waals surface area (Å²) in [6.45, 7) is 3.75. The molecule has 1 aliphatic heterocycles. The Morgan fingerprint density at radius 3 is 2.15 bits per heavy atom. The van der Waals surface area contributed by atoms with E-state index in [4.69, 9.17) is 4.74 Å². The highest BCUT2D eigenvalue weighted by molar-refractivity contribution is 5.48. The topological polar surface area (TPSA) is 25.4 Å². The van der Waals surface area contributed by atoms with Crippen molar-refractivity contribution in [1.82, 2.24) is 4.98 Å². The van der Waals surface area contributed by atoms with Gasteiger partial charge in [0.1, 0.15) is 5.69 Å². The van der Waals surface area contributed by atoms with Crippen LogP contribution in [0, 0.1) is 29.4 Å². The third kappa shape index (κ3) is 3.03. The molecular weight excluding hydrogens is 276 g/mol. The summed E-state index contributed by atoms with van der Waals surface area (Å²) in [5.41, 5.74) is -0.662. The highest BCUT2D eigenvalue weighted by Crippen LogP contribution is 2.30. The Morgan fingerprint density at radius 2 is 1.65 bits per heavy atom. The number of anilines is 1. The minimum Gasteiger partial charge on any atom is -0.381 e. The van der Waals surface area contributed by atoms with Crippen molar-refractivity contribution < 1.29 is 22.3 Å². The van der Waals surface area contributed by atoms with Crippen LogP contribution in [0.3, 0.4) is 0 Å². The van der Waals surface area contributed by atoms with Gasteiger partial charge in [-0.1, -0.05) is 0 Å². The first-order valence-corrected chi connectivity index (χ1v) is 6.57. The van der Waals surface area contributed by atoms with Gasteiger partial charge in [-0.3, -0.25) is 0 Å². The monoisotopic (exact) mass is 292 g/mol. The van der Waals surface area contributed by atoms with Crippen molar-refractivity contribution >= 4 is 5.69 Å². The lowest BCUT2D eigenvalue weighted by atomic mass is 9.97. The Bertz CT molecular complexity index is 450. The number of nitrogens with zero attached hydrogens (tertiary/aromatic N) is 2. The van der Waals surface area contributed by atoms with E-state index < -0.39 is 29.2 Å². The molecule has 0 bridgehead atoms. The number of halogens is 4. The van der Waals surface area contributed by atoms with Crippen molar-refractivity contribution in [3.8, 4) is 0 Å². The molecule has 1 aromatic heterocycles. The highest BCUT2D eigenvalue weighted by Gasteiger charge is 2.28. The minimum atomic E-state index is -1.62. The van der Waals surface area contributed by atoms with Gasteiger partial charge in [0.25, 0.3) is 11.9 Å². The van der Waals surface area contributed by atoms with Crippen molar-refractivity contribution in [2.45, 2.75) is 19.8 Å². The summed E-state index contributed by atoms with van der Waals surface area (Å²) >= 11 is 0. The Labute approximate surface area is 114 Å². The third-order valence-electron chi connectivity index (χ3n) is 3.46.